The van der Waals surface area contributed by atoms with E-state index in [0.717, 1.165) is 36.8 Å². The Morgan fingerprint density at radius 3 is 2.89 bits per heavy atom. The van der Waals surface area contributed by atoms with Crippen LogP contribution in [0.1, 0.15) is 18.5 Å². The van der Waals surface area contributed by atoms with Crippen molar-refractivity contribution in [2.45, 2.75) is 19.4 Å². The van der Waals surface area contributed by atoms with E-state index in [9.17, 15) is 0 Å². The molecule has 0 aliphatic carbocycles. The van der Waals surface area contributed by atoms with Crippen LogP contribution in [0.15, 0.2) is 30.9 Å². The zero-order valence-corrected chi connectivity index (χ0v) is 11.2. The Morgan fingerprint density at radius 1 is 1.32 bits per heavy atom. The van der Waals surface area contributed by atoms with Crippen molar-refractivity contribution < 1.29 is 0 Å². The number of aromatic nitrogens is 3. The fraction of sp³-hybridized carbons (Fsp3) is 0.429. The molecule has 19 heavy (non-hydrogen) atoms. The fourth-order valence-corrected chi connectivity index (χ4v) is 2.46. The van der Waals surface area contributed by atoms with Crippen molar-refractivity contribution >= 4 is 11.5 Å². The summed E-state index contributed by atoms with van der Waals surface area (Å²) in [5.41, 5.74) is 2.27. The zero-order chi connectivity index (χ0) is 13.1. The second-order valence-electron chi connectivity index (χ2n) is 4.92. The van der Waals surface area contributed by atoms with Crippen LogP contribution < -0.4 is 10.2 Å². The first-order chi connectivity index (χ1) is 9.34. The second-order valence-corrected chi connectivity index (χ2v) is 4.92. The van der Waals surface area contributed by atoms with Crippen molar-refractivity contribution in [3.63, 3.8) is 0 Å². The number of aryl methyl sites for hydroxylation is 1. The minimum Gasteiger partial charge on any atom is -0.376 e. The number of nitrogens with one attached hydrogen (secondary N) is 1. The number of hydrogen-bond acceptors (Lipinski definition) is 4. The van der Waals surface area contributed by atoms with E-state index in [-0.39, 0.29) is 0 Å². The Hall–Kier alpha value is -2.04. The van der Waals surface area contributed by atoms with Crippen LogP contribution in [0.3, 0.4) is 0 Å². The van der Waals surface area contributed by atoms with Gasteiger partial charge in [0.2, 0.25) is 0 Å². The van der Waals surface area contributed by atoms with Crippen LogP contribution in [0, 0.1) is 0 Å². The summed E-state index contributed by atoms with van der Waals surface area (Å²) in [6.07, 6.45) is 8.10. The summed E-state index contributed by atoms with van der Waals surface area (Å²) >= 11 is 0. The molecule has 100 valence electrons. The maximum atomic E-state index is 4.52. The largest absolute Gasteiger partial charge is 0.376 e. The van der Waals surface area contributed by atoms with E-state index in [1.165, 1.54) is 12.8 Å². The summed E-state index contributed by atoms with van der Waals surface area (Å²) in [6, 6.07) is 4.07. The quantitative estimate of drug-likeness (QED) is 0.910. The third-order valence-electron chi connectivity index (χ3n) is 3.57. The number of rotatable bonds is 4. The van der Waals surface area contributed by atoms with Gasteiger partial charge in [0, 0.05) is 32.5 Å². The summed E-state index contributed by atoms with van der Waals surface area (Å²) in [4.78, 5) is 11.0. The third-order valence-corrected chi connectivity index (χ3v) is 3.57. The number of hydrogen-bond donors (Lipinski definition) is 1. The SMILES string of the molecule is Cn1cncc1CNc1cccnc1N1CCCC1. The standard InChI is InChI=1S/C14H19N5/c1-18-11-15-9-12(18)10-17-13-5-4-6-16-14(13)19-7-2-3-8-19/h4-6,9,11,17H,2-3,7-8,10H2,1H3. The van der Waals surface area contributed by atoms with E-state index in [0.29, 0.717) is 0 Å². The molecule has 5 nitrogen and oxygen atoms in total. The van der Waals surface area contributed by atoms with Crippen LogP contribution in [0.5, 0.6) is 0 Å². The molecule has 3 rings (SSSR count). The molecule has 0 spiro atoms. The molecule has 1 fully saturated rings. The van der Waals surface area contributed by atoms with Gasteiger partial charge in [0.1, 0.15) is 0 Å². The highest BCUT2D eigenvalue weighted by Crippen LogP contribution is 2.26. The van der Waals surface area contributed by atoms with Crippen LogP contribution in [0.4, 0.5) is 11.5 Å². The molecular formula is C14H19N5. The molecule has 0 radical (unpaired) electrons. The molecule has 3 heterocycles. The van der Waals surface area contributed by atoms with Gasteiger partial charge in [-0.3, -0.25) is 0 Å². The Balaban J connectivity index is 1.75. The van der Waals surface area contributed by atoms with Gasteiger partial charge in [-0.2, -0.15) is 0 Å². The van der Waals surface area contributed by atoms with Crippen molar-refractivity contribution in [3.05, 3.63) is 36.5 Å². The number of pyridine rings is 1. The van der Waals surface area contributed by atoms with E-state index in [4.69, 9.17) is 0 Å². The molecule has 2 aromatic rings. The van der Waals surface area contributed by atoms with Crippen LogP contribution >= 0.6 is 0 Å². The molecule has 2 aromatic heterocycles. The summed E-state index contributed by atoms with van der Waals surface area (Å²) in [5, 5.41) is 3.47. The lowest BCUT2D eigenvalue weighted by Gasteiger charge is -2.20. The lowest BCUT2D eigenvalue weighted by atomic mass is 10.3. The summed E-state index contributed by atoms with van der Waals surface area (Å²) < 4.78 is 2.03. The summed E-state index contributed by atoms with van der Waals surface area (Å²) in [6.45, 7) is 2.98. The minimum atomic E-state index is 0.767. The average Bonchev–Trinajstić information content (AvgIpc) is 3.08. The predicted octanol–water partition coefficient (Wildman–Crippen LogP) is 2.03. The Labute approximate surface area is 113 Å². The molecular weight excluding hydrogens is 238 g/mol. The van der Waals surface area contributed by atoms with Gasteiger partial charge in [-0.25, -0.2) is 9.97 Å². The van der Waals surface area contributed by atoms with Crippen LogP contribution in [-0.4, -0.2) is 27.6 Å². The predicted molar refractivity (Wildman–Crippen MR) is 76.2 cm³/mol. The smallest absolute Gasteiger partial charge is 0.151 e. The lowest BCUT2D eigenvalue weighted by Crippen LogP contribution is -2.20. The maximum absolute atomic E-state index is 4.52. The average molecular weight is 257 g/mol. The summed E-state index contributed by atoms with van der Waals surface area (Å²) in [7, 11) is 2.01. The topological polar surface area (TPSA) is 46.0 Å². The van der Waals surface area contributed by atoms with Gasteiger partial charge in [0.25, 0.3) is 0 Å². The van der Waals surface area contributed by atoms with Crippen molar-refractivity contribution in [2.24, 2.45) is 7.05 Å². The normalized spacial score (nSPS) is 14.9. The second kappa shape index (κ2) is 5.30. The Kier molecular flexibility index (Phi) is 3.35. The fourth-order valence-electron chi connectivity index (χ4n) is 2.46. The van der Waals surface area contributed by atoms with Crippen molar-refractivity contribution in [1.29, 1.82) is 0 Å². The number of anilines is 2. The van der Waals surface area contributed by atoms with Gasteiger partial charge >= 0.3 is 0 Å². The molecule has 1 aliphatic rings. The molecule has 0 unspecified atom stereocenters. The van der Waals surface area contributed by atoms with Gasteiger partial charge < -0.3 is 14.8 Å². The van der Waals surface area contributed by atoms with Crippen molar-refractivity contribution in [3.8, 4) is 0 Å². The maximum Gasteiger partial charge on any atom is 0.151 e. The molecule has 5 heteroatoms. The van der Waals surface area contributed by atoms with Gasteiger partial charge in [-0.15, -0.1) is 0 Å². The highest BCUT2D eigenvalue weighted by Gasteiger charge is 2.16. The number of nitrogens with zero attached hydrogens (tertiary/aromatic N) is 4. The molecule has 0 bridgehead atoms. The monoisotopic (exact) mass is 257 g/mol. The molecule has 0 aromatic carbocycles. The molecule has 0 amide bonds. The van der Waals surface area contributed by atoms with E-state index >= 15 is 0 Å². The van der Waals surface area contributed by atoms with E-state index in [1.54, 1.807) is 0 Å². The van der Waals surface area contributed by atoms with Crippen molar-refractivity contribution in [1.82, 2.24) is 14.5 Å². The lowest BCUT2D eigenvalue weighted by molar-refractivity contribution is 0.836. The molecule has 0 atom stereocenters. The van der Waals surface area contributed by atoms with Crippen molar-refractivity contribution in [2.75, 3.05) is 23.3 Å². The molecule has 1 N–H and O–H groups in total. The van der Waals surface area contributed by atoms with E-state index in [2.05, 4.69) is 26.3 Å². The van der Waals surface area contributed by atoms with Crippen LogP contribution in [0.25, 0.3) is 0 Å². The van der Waals surface area contributed by atoms with E-state index < -0.39 is 0 Å². The first-order valence-electron chi connectivity index (χ1n) is 6.73. The Bertz CT molecular complexity index is 542. The first kappa shape index (κ1) is 12.0. The van der Waals surface area contributed by atoms with E-state index in [1.807, 2.05) is 36.4 Å². The molecule has 1 aliphatic heterocycles. The minimum absolute atomic E-state index is 0.767. The van der Waals surface area contributed by atoms with Gasteiger partial charge in [0.15, 0.2) is 5.82 Å². The molecule has 0 saturated carbocycles. The highest BCUT2D eigenvalue weighted by atomic mass is 15.2. The highest BCUT2D eigenvalue weighted by molar-refractivity contribution is 5.65. The van der Waals surface area contributed by atoms with Gasteiger partial charge in [0.05, 0.1) is 24.3 Å². The number of imidazole rings is 1. The first-order valence-corrected chi connectivity index (χ1v) is 6.73. The van der Waals surface area contributed by atoms with Gasteiger partial charge in [-0.05, 0) is 25.0 Å². The Morgan fingerprint density at radius 2 is 2.16 bits per heavy atom. The van der Waals surface area contributed by atoms with Crippen LogP contribution in [-0.2, 0) is 13.6 Å². The summed E-state index contributed by atoms with van der Waals surface area (Å²) in [5.74, 6) is 1.07. The van der Waals surface area contributed by atoms with Gasteiger partial charge in [-0.1, -0.05) is 0 Å². The zero-order valence-electron chi connectivity index (χ0n) is 11.2. The third kappa shape index (κ3) is 2.54. The molecule has 1 saturated heterocycles. The van der Waals surface area contributed by atoms with Crippen LogP contribution in [0.2, 0.25) is 0 Å².